The number of fused-ring (bicyclic) bond motifs is 6. The van der Waals surface area contributed by atoms with Gasteiger partial charge in [-0.3, -0.25) is 0 Å². The molecule has 137 valence electrons. The molecule has 2 aromatic carbocycles. The van der Waals surface area contributed by atoms with Crippen molar-refractivity contribution in [1.82, 2.24) is 0 Å². The van der Waals surface area contributed by atoms with E-state index in [1.54, 1.807) is 0 Å². The SMILES string of the molecule is CC(C)(C)[N-][Si](C)(C)[C]1[CH][C]2[C]([CH]1)c1ccccc1-c1ccccc12.[Cl][Ti+]. The Bertz CT molecular complexity index is 745. The molecule has 2 aliphatic carbocycles. The molecule has 0 unspecified atom stereocenters. The fraction of sp³-hybridized carbons (Fsp3) is 0.261. The summed E-state index contributed by atoms with van der Waals surface area (Å²) in [5.41, 5.74) is 6.82. The van der Waals surface area contributed by atoms with Crippen molar-refractivity contribution < 1.29 is 19.4 Å². The van der Waals surface area contributed by atoms with Gasteiger partial charge in [0.25, 0.3) is 0 Å². The second kappa shape index (κ2) is 8.16. The van der Waals surface area contributed by atoms with Gasteiger partial charge < -0.3 is 4.98 Å². The van der Waals surface area contributed by atoms with E-state index < -0.39 is 8.24 Å². The Hall–Kier alpha value is -0.379. The Morgan fingerprint density at radius 1 is 0.741 bits per heavy atom. The van der Waals surface area contributed by atoms with Crippen LogP contribution in [0.15, 0.2) is 48.5 Å². The normalized spacial score (nSPS) is 17.5. The molecule has 0 amide bonds. The average Bonchev–Trinajstić information content (AvgIpc) is 3.09. The van der Waals surface area contributed by atoms with Crippen LogP contribution >= 0.6 is 9.30 Å². The van der Waals surface area contributed by atoms with Crippen LogP contribution in [0.3, 0.4) is 0 Å². The molecule has 0 spiro atoms. The molecule has 0 bridgehead atoms. The van der Waals surface area contributed by atoms with Gasteiger partial charge in [-0.05, 0) is 40.6 Å². The number of hydrogen-bond donors (Lipinski definition) is 0. The molecule has 27 heavy (non-hydrogen) atoms. The minimum absolute atomic E-state index is 0.00329. The molecule has 2 aliphatic rings. The summed E-state index contributed by atoms with van der Waals surface area (Å²) in [5.74, 6) is 2.74. The first-order chi connectivity index (χ1) is 12.8. The van der Waals surface area contributed by atoms with E-state index in [1.807, 2.05) is 0 Å². The van der Waals surface area contributed by atoms with Gasteiger partial charge in [0.05, 0.1) is 0 Å². The van der Waals surface area contributed by atoms with E-state index in [-0.39, 0.29) is 5.54 Å². The van der Waals surface area contributed by atoms with Crippen LogP contribution in [0.5, 0.6) is 0 Å². The van der Waals surface area contributed by atoms with E-state index in [9.17, 15) is 0 Å². The van der Waals surface area contributed by atoms with E-state index >= 15 is 0 Å². The first-order valence-corrected chi connectivity index (χ1v) is 14.3. The summed E-state index contributed by atoms with van der Waals surface area (Å²) in [7, 11) is 2.79. The van der Waals surface area contributed by atoms with Gasteiger partial charge in [-0.15, -0.1) is 5.54 Å². The van der Waals surface area contributed by atoms with Crippen LogP contribution in [0.4, 0.5) is 0 Å². The van der Waals surface area contributed by atoms with E-state index in [2.05, 4.69) is 105 Å². The first-order valence-electron chi connectivity index (χ1n) is 9.20. The number of halogens is 1. The van der Waals surface area contributed by atoms with Crippen LogP contribution in [0, 0.1) is 30.2 Å². The van der Waals surface area contributed by atoms with Gasteiger partial charge in [0.15, 0.2) is 0 Å². The third-order valence-electron chi connectivity index (χ3n) is 4.94. The molecule has 1 nitrogen and oxygen atoms in total. The second-order valence-corrected chi connectivity index (χ2v) is 12.4. The zero-order valence-electron chi connectivity index (χ0n) is 16.6. The summed E-state index contributed by atoms with van der Waals surface area (Å²) in [6.07, 6.45) is 4.82. The molecule has 1 saturated carbocycles. The number of rotatable bonds is 2. The first kappa shape index (κ1) is 21.3. The topological polar surface area (TPSA) is 14.1 Å². The number of benzene rings is 2. The summed E-state index contributed by atoms with van der Waals surface area (Å²) in [6.45, 7) is 11.3. The van der Waals surface area contributed by atoms with Gasteiger partial charge in [-0.25, -0.2) is 0 Å². The van der Waals surface area contributed by atoms with Crippen LogP contribution in [0.2, 0.25) is 13.1 Å². The maximum atomic E-state index is 5.21. The van der Waals surface area contributed by atoms with Gasteiger partial charge in [0.2, 0.25) is 0 Å². The Morgan fingerprint density at radius 2 is 1.11 bits per heavy atom. The van der Waals surface area contributed by atoms with E-state index in [4.69, 9.17) is 4.98 Å². The van der Waals surface area contributed by atoms with Crippen molar-refractivity contribution in [3.63, 3.8) is 0 Å². The van der Waals surface area contributed by atoms with Gasteiger partial charge in [-0.2, -0.15) is 0 Å². The molecule has 2 aromatic rings. The van der Waals surface area contributed by atoms with Crippen LogP contribution in [0.1, 0.15) is 31.9 Å². The Balaban J connectivity index is 0.00000102. The predicted molar refractivity (Wildman–Crippen MR) is 115 cm³/mol. The second-order valence-electron chi connectivity index (χ2n) is 8.50. The molecule has 5 radical (unpaired) electrons. The van der Waals surface area contributed by atoms with Crippen LogP contribution in [-0.2, 0) is 19.4 Å². The molecular formula is C23H25ClNSiTi. The monoisotopic (exact) mass is 426 g/mol. The van der Waals surface area contributed by atoms with Crippen LogP contribution < -0.4 is 0 Å². The van der Waals surface area contributed by atoms with Gasteiger partial charge in [0, 0.05) is 11.8 Å². The number of nitrogens with zero attached hydrogens (tertiary/aromatic N) is 1. The molecule has 0 aromatic heterocycles. The van der Waals surface area contributed by atoms with Crippen molar-refractivity contribution in [3.05, 3.63) is 94.9 Å². The van der Waals surface area contributed by atoms with Crippen molar-refractivity contribution >= 4 is 17.5 Å². The van der Waals surface area contributed by atoms with Crippen molar-refractivity contribution in [1.29, 1.82) is 0 Å². The van der Waals surface area contributed by atoms with Gasteiger partial charge in [-0.1, -0.05) is 90.6 Å². The van der Waals surface area contributed by atoms with Crippen molar-refractivity contribution in [2.24, 2.45) is 0 Å². The van der Waals surface area contributed by atoms with Crippen LogP contribution in [-0.4, -0.2) is 13.8 Å². The molecule has 0 saturated heterocycles. The van der Waals surface area contributed by atoms with Crippen molar-refractivity contribution in [2.45, 2.75) is 39.4 Å². The summed E-state index contributed by atoms with van der Waals surface area (Å²) in [5, 5.41) is 0. The predicted octanol–water partition coefficient (Wildman–Crippen LogP) is 6.81. The summed E-state index contributed by atoms with van der Waals surface area (Å²) < 4.78 is 0. The number of hydrogen-bond acceptors (Lipinski definition) is 0. The molecule has 4 heteroatoms. The molecule has 0 heterocycles. The molecule has 0 atom stereocenters. The fourth-order valence-electron chi connectivity index (χ4n) is 4.12. The standard InChI is InChI=1S/C23H25NSi.ClH.Ti/c1-23(2,3)24-25(4,5)16-14-21-19-12-8-6-10-17(19)18-11-7-9-13-20(18)22(21)15-16;;/h6-15H,1-5H3;1H;/q-1;;+2/p-1. The maximum absolute atomic E-state index is 5.21. The third-order valence-corrected chi connectivity index (χ3v) is 7.87. The Kier molecular flexibility index (Phi) is 6.45. The third kappa shape index (κ3) is 4.31. The summed E-state index contributed by atoms with van der Waals surface area (Å²) >= 11 is 1.47. The zero-order valence-corrected chi connectivity index (χ0v) is 19.9. The van der Waals surface area contributed by atoms with E-state index in [0.29, 0.717) is 0 Å². The van der Waals surface area contributed by atoms with E-state index in [0.717, 1.165) is 0 Å². The van der Waals surface area contributed by atoms with Gasteiger partial charge >= 0.3 is 28.7 Å². The molecular weight excluding hydrogens is 402 g/mol. The van der Waals surface area contributed by atoms with Crippen LogP contribution in [0.25, 0.3) is 16.1 Å². The summed E-state index contributed by atoms with van der Waals surface area (Å²) in [4.78, 5) is 5.21. The Labute approximate surface area is 181 Å². The average molecular weight is 427 g/mol. The van der Waals surface area contributed by atoms with Crippen molar-refractivity contribution in [3.8, 4) is 11.1 Å². The zero-order chi connectivity index (χ0) is 19.8. The summed E-state index contributed by atoms with van der Waals surface area (Å²) in [6, 6.07) is 17.6. The minimum atomic E-state index is -1.85. The Morgan fingerprint density at radius 3 is 1.48 bits per heavy atom. The molecule has 4 rings (SSSR count). The molecule has 0 aliphatic heterocycles. The van der Waals surface area contributed by atoms with Gasteiger partial charge in [0.1, 0.15) is 0 Å². The van der Waals surface area contributed by atoms with Crippen molar-refractivity contribution in [2.75, 3.05) is 0 Å². The fourth-order valence-corrected chi connectivity index (χ4v) is 6.92. The molecule has 1 fully saturated rings. The van der Waals surface area contributed by atoms with E-state index in [1.165, 1.54) is 59.0 Å². The molecule has 0 N–H and O–H groups in total. The quantitative estimate of drug-likeness (QED) is 0.468.